The van der Waals surface area contributed by atoms with Crippen LogP contribution in [0.3, 0.4) is 0 Å². The topological polar surface area (TPSA) is 56.8 Å². The summed E-state index contributed by atoms with van der Waals surface area (Å²) in [6.45, 7) is 3.89. The van der Waals surface area contributed by atoms with Gasteiger partial charge in [0, 0.05) is 18.1 Å². The maximum atomic E-state index is 12.4. The number of methoxy groups -OCH3 is 1. The number of hydrogen-bond acceptors (Lipinski definition) is 4. The van der Waals surface area contributed by atoms with Gasteiger partial charge >= 0.3 is 0 Å². The van der Waals surface area contributed by atoms with Crippen molar-refractivity contribution in [3.05, 3.63) is 53.1 Å². The highest BCUT2D eigenvalue weighted by Gasteiger charge is 2.34. The van der Waals surface area contributed by atoms with Crippen molar-refractivity contribution >= 4 is 17.5 Å². The summed E-state index contributed by atoms with van der Waals surface area (Å²) in [7, 11) is 1.61. The van der Waals surface area contributed by atoms with Gasteiger partial charge in [-0.2, -0.15) is 0 Å². The average molecular weight is 376 g/mol. The molecule has 3 rings (SSSR count). The van der Waals surface area contributed by atoms with Crippen LogP contribution in [0, 0.1) is 0 Å². The lowest BCUT2D eigenvalue weighted by atomic mass is 9.89. The minimum Gasteiger partial charge on any atom is -0.497 e. The molecule has 2 aromatic rings. The lowest BCUT2D eigenvalue weighted by Crippen LogP contribution is -2.42. The standard InChI is InChI=1S/C20H22ClNO4/c1-20(2)11-16(14-9-8-13(24-3)10-18(14)26-20)22-19(23)12-25-17-7-5-4-6-15(17)21/h4-10,16H,11-12H2,1-3H3,(H,22,23)/t16-/m1/s1. The minimum absolute atomic E-state index is 0.104. The van der Waals surface area contributed by atoms with E-state index in [2.05, 4.69) is 5.32 Å². The van der Waals surface area contributed by atoms with Crippen LogP contribution in [-0.2, 0) is 4.79 Å². The van der Waals surface area contributed by atoms with Gasteiger partial charge in [0.2, 0.25) is 0 Å². The number of amides is 1. The van der Waals surface area contributed by atoms with Crippen molar-refractivity contribution in [2.75, 3.05) is 13.7 Å². The van der Waals surface area contributed by atoms with E-state index in [0.29, 0.717) is 22.9 Å². The molecule has 0 saturated carbocycles. The normalized spacial score (nSPS) is 17.6. The van der Waals surface area contributed by atoms with E-state index in [0.717, 1.165) is 11.3 Å². The molecule has 26 heavy (non-hydrogen) atoms. The second-order valence-electron chi connectivity index (χ2n) is 6.81. The SMILES string of the molecule is COc1ccc2c(c1)OC(C)(C)C[C@H]2NC(=O)COc1ccccc1Cl. The summed E-state index contributed by atoms with van der Waals surface area (Å²) in [4.78, 5) is 12.4. The molecular formula is C20H22ClNO4. The van der Waals surface area contributed by atoms with Gasteiger partial charge in [0.1, 0.15) is 22.8 Å². The van der Waals surface area contributed by atoms with Gasteiger partial charge in [-0.1, -0.05) is 23.7 Å². The first-order chi connectivity index (χ1) is 12.4. The van der Waals surface area contributed by atoms with E-state index in [1.54, 1.807) is 19.2 Å². The highest BCUT2D eigenvalue weighted by atomic mass is 35.5. The van der Waals surface area contributed by atoms with Gasteiger partial charge in [0.05, 0.1) is 18.2 Å². The Balaban J connectivity index is 1.71. The molecule has 1 heterocycles. The van der Waals surface area contributed by atoms with Crippen LogP contribution in [-0.4, -0.2) is 25.2 Å². The zero-order valence-electron chi connectivity index (χ0n) is 15.0. The Bertz CT molecular complexity index is 806. The number of para-hydroxylation sites is 1. The molecule has 0 saturated heterocycles. The van der Waals surface area contributed by atoms with Crippen molar-refractivity contribution in [1.29, 1.82) is 0 Å². The van der Waals surface area contributed by atoms with Crippen molar-refractivity contribution in [3.63, 3.8) is 0 Å². The van der Waals surface area contributed by atoms with Crippen molar-refractivity contribution < 1.29 is 19.0 Å². The zero-order chi connectivity index (χ0) is 18.7. The number of ether oxygens (including phenoxy) is 3. The predicted octanol–water partition coefficient (Wildman–Crippen LogP) is 4.15. The van der Waals surface area contributed by atoms with Gasteiger partial charge in [-0.15, -0.1) is 0 Å². The fourth-order valence-electron chi connectivity index (χ4n) is 3.03. The lowest BCUT2D eigenvalue weighted by Gasteiger charge is -2.38. The van der Waals surface area contributed by atoms with Gasteiger partial charge < -0.3 is 19.5 Å². The van der Waals surface area contributed by atoms with E-state index in [1.807, 2.05) is 44.2 Å². The molecular weight excluding hydrogens is 354 g/mol. The van der Waals surface area contributed by atoms with Crippen LogP contribution in [0.25, 0.3) is 0 Å². The van der Waals surface area contributed by atoms with Crippen LogP contribution in [0.5, 0.6) is 17.2 Å². The Kier molecular flexibility index (Phi) is 5.28. The van der Waals surface area contributed by atoms with E-state index in [1.165, 1.54) is 0 Å². The molecule has 0 fully saturated rings. The van der Waals surface area contributed by atoms with Gasteiger partial charge in [-0.05, 0) is 38.1 Å². The molecule has 0 radical (unpaired) electrons. The first-order valence-corrected chi connectivity index (χ1v) is 8.79. The monoisotopic (exact) mass is 375 g/mol. The molecule has 0 spiro atoms. The van der Waals surface area contributed by atoms with E-state index < -0.39 is 5.60 Å². The number of rotatable bonds is 5. The molecule has 6 heteroatoms. The molecule has 5 nitrogen and oxygen atoms in total. The second kappa shape index (κ2) is 7.46. The number of fused-ring (bicyclic) bond motifs is 1. The molecule has 1 atom stereocenters. The first kappa shape index (κ1) is 18.4. The van der Waals surface area contributed by atoms with Crippen LogP contribution >= 0.6 is 11.6 Å². The zero-order valence-corrected chi connectivity index (χ0v) is 15.8. The van der Waals surface area contributed by atoms with E-state index in [4.69, 9.17) is 25.8 Å². The molecule has 0 bridgehead atoms. The van der Waals surface area contributed by atoms with E-state index >= 15 is 0 Å². The molecule has 0 aliphatic carbocycles. The average Bonchev–Trinajstić information content (AvgIpc) is 2.59. The highest BCUT2D eigenvalue weighted by molar-refractivity contribution is 6.32. The number of nitrogens with one attached hydrogen (secondary N) is 1. The van der Waals surface area contributed by atoms with Crippen molar-refractivity contribution in [2.24, 2.45) is 0 Å². The summed E-state index contributed by atoms with van der Waals surface area (Å²) < 4.78 is 16.8. The largest absolute Gasteiger partial charge is 0.497 e. The Morgan fingerprint density at radius 2 is 2.08 bits per heavy atom. The second-order valence-corrected chi connectivity index (χ2v) is 7.22. The summed E-state index contributed by atoms with van der Waals surface area (Å²) in [5.41, 5.74) is 0.525. The molecule has 1 aliphatic rings. The van der Waals surface area contributed by atoms with Gasteiger partial charge in [-0.25, -0.2) is 0 Å². The van der Waals surface area contributed by atoms with E-state index in [9.17, 15) is 4.79 Å². The van der Waals surface area contributed by atoms with Crippen LogP contribution in [0.4, 0.5) is 0 Å². The van der Waals surface area contributed by atoms with Crippen molar-refractivity contribution in [3.8, 4) is 17.2 Å². The summed E-state index contributed by atoms with van der Waals surface area (Å²) in [5.74, 6) is 1.71. The molecule has 1 amide bonds. The van der Waals surface area contributed by atoms with Crippen LogP contribution < -0.4 is 19.5 Å². The first-order valence-electron chi connectivity index (χ1n) is 8.41. The number of carbonyl (C=O) groups excluding carboxylic acids is 1. The Labute approximate surface area is 158 Å². The molecule has 0 unspecified atom stereocenters. The summed E-state index contributed by atoms with van der Waals surface area (Å²) in [5, 5.41) is 3.51. The fourth-order valence-corrected chi connectivity index (χ4v) is 3.22. The number of halogens is 1. The van der Waals surface area contributed by atoms with Gasteiger partial charge in [0.25, 0.3) is 5.91 Å². The minimum atomic E-state index is -0.402. The highest BCUT2D eigenvalue weighted by Crippen LogP contribution is 2.41. The third-order valence-electron chi connectivity index (χ3n) is 4.21. The molecule has 1 aliphatic heterocycles. The summed E-state index contributed by atoms with van der Waals surface area (Å²) in [6.07, 6.45) is 0.657. The Morgan fingerprint density at radius 1 is 1.31 bits per heavy atom. The Hall–Kier alpha value is -2.40. The fraction of sp³-hybridized carbons (Fsp3) is 0.350. The Morgan fingerprint density at radius 3 is 2.81 bits per heavy atom. The third-order valence-corrected chi connectivity index (χ3v) is 4.52. The number of hydrogen-bond donors (Lipinski definition) is 1. The van der Waals surface area contributed by atoms with E-state index in [-0.39, 0.29) is 18.6 Å². The smallest absolute Gasteiger partial charge is 0.258 e. The quantitative estimate of drug-likeness (QED) is 0.853. The molecule has 0 aromatic heterocycles. The third kappa shape index (κ3) is 4.22. The maximum absolute atomic E-state index is 12.4. The van der Waals surface area contributed by atoms with Gasteiger partial charge in [-0.3, -0.25) is 4.79 Å². The molecule has 1 N–H and O–H groups in total. The maximum Gasteiger partial charge on any atom is 0.258 e. The predicted molar refractivity (Wildman–Crippen MR) is 100 cm³/mol. The lowest BCUT2D eigenvalue weighted by molar-refractivity contribution is -0.124. The number of carbonyl (C=O) groups is 1. The molecule has 138 valence electrons. The van der Waals surface area contributed by atoms with Gasteiger partial charge in [0.15, 0.2) is 6.61 Å². The summed E-state index contributed by atoms with van der Waals surface area (Å²) in [6, 6.07) is 12.5. The van der Waals surface area contributed by atoms with Crippen LogP contribution in [0.2, 0.25) is 5.02 Å². The van der Waals surface area contributed by atoms with Crippen molar-refractivity contribution in [1.82, 2.24) is 5.32 Å². The van der Waals surface area contributed by atoms with Crippen LogP contribution in [0.15, 0.2) is 42.5 Å². The van der Waals surface area contributed by atoms with Crippen LogP contribution in [0.1, 0.15) is 31.9 Å². The number of benzene rings is 2. The molecule has 2 aromatic carbocycles. The van der Waals surface area contributed by atoms with Crippen molar-refractivity contribution in [2.45, 2.75) is 31.9 Å². The summed E-state index contributed by atoms with van der Waals surface area (Å²) >= 11 is 6.05.